The summed E-state index contributed by atoms with van der Waals surface area (Å²) in [5, 5.41) is 0. The van der Waals surface area contributed by atoms with E-state index in [0.29, 0.717) is 12.2 Å². The molecule has 0 unspecified atom stereocenters. The fourth-order valence-corrected chi connectivity index (χ4v) is 3.87. The number of rotatable bonds is 10. The maximum absolute atomic E-state index is 12.1. The molecule has 1 heterocycles. The van der Waals surface area contributed by atoms with Crippen molar-refractivity contribution in [3.05, 3.63) is 12.2 Å². The van der Waals surface area contributed by atoms with E-state index >= 15 is 0 Å². The molecule has 3 heteroatoms. The van der Waals surface area contributed by atoms with Gasteiger partial charge in [-0.1, -0.05) is 70.9 Å². The molecule has 0 radical (unpaired) electrons. The van der Waals surface area contributed by atoms with Crippen molar-refractivity contribution in [3.63, 3.8) is 0 Å². The van der Waals surface area contributed by atoms with Crippen LogP contribution >= 0.6 is 0 Å². The van der Waals surface area contributed by atoms with Crippen molar-refractivity contribution in [3.8, 4) is 0 Å². The number of allylic oxidation sites excluding steroid dienone is 1. The molecule has 0 amide bonds. The first kappa shape index (κ1) is 19.7. The van der Waals surface area contributed by atoms with Crippen molar-refractivity contribution in [1.82, 2.24) is 0 Å². The van der Waals surface area contributed by atoms with Crippen molar-refractivity contribution in [2.75, 3.05) is 0 Å². The smallest absolute Gasteiger partial charge is 0.138 e. The standard InChI is InChI=1S/C21H36O3/c1-4-5-6-7-8-9-10-11-12-13-14-21(3)18-15-19(22)17(2)20(16-18)23-24-21/h13-14,17-18,20H,4-12,15-16H2,1-3H3/t17-,18+,20+,21-/m0/s1. The summed E-state index contributed by atoms with van der Waals surface area (Å²) in [4.78, 5) is 23.3. The predicted octanol–water partition coefficient (Wildman–Crippen LogP) is 5.78. The van der Waals surface area contributed by atoms with Crippen molar-refractivity contribution in [2.24, 2.45) is 11.8 Å². The molecule has 2 rings (SSSR count). The lowest BCUT2D eigenvalue weighted by Crippen LogP contribution is -2.52. The minimum absolute atomic E-state index is 0.0212. The maximum atomic E-state index is 12.1. The van der Waals surface area contributed by atoms with Crippen molar-refractivity contribution in [1.29, 1.82) is 0 Å². The van der Waals surface area contributed by atoms with Crippen molar-refractivity contribution in [2.45, 2.75) is 103 Å². The van der Waals surface area contributed by atoms with E-state index in [-0.39, 0.29) is 17.9 Å². The number of ketones is 1. The first-order valence-corrected chi connectivity index (χ1v) is 10.1. The summed E-state index contributed by atoms with van der Waals surface area (Å²) in [5.74, 6) is 0.559. The highest BCUT2D eigenvalue weighted by molar-refractivity contribution is 5.82. The Balaban J connectivity index is 1.64. The fourth-order valence-electron chi connectivity index (χ4n) is 3.87. The van der Waals surface area contributed by atoms with Gasteiger partial charge in [-0.25, -0.2) is 9.78 Å². The van der Waals surface area contributed by atoms with E-state index in [1.807, 2.05) is 6.92 Å². The molecule has 2 aliphatic rings. The summed E-state index contributed by atoms with van der Waals surface area (Å²) in [5.41, 5.74) is -0.438. The van der Waals surface area contributed by atoms with Gasteiger partial charge in [-0.2, -0.15) is 0 Å². The van der Waals surface area contributed by atoms with Crippen LogP contribution in [0.3, 0.4) is 0 Å². The van der Waals surface area contributed by atoms with Gasteiger partial charge in [0.05, 0.1) is 0 Å². The van der Waals surface area contributed by atoms with Crippen LogP contribution in [-0.4, -0.2) is 17.5 Å². The van der Waals surface area contributed by atoms with Crippen LogP contribution < -0.4 is 0 Å². The third-order valence-corrected chi connectivity index (χ3v) is 5.86. The molecular weight excluding hydrogens is 300 g/mol. The molecule has 1 aliphatic heterocycles. The quantitative estimate of drug-likeness (QED) is 0.288. The molecule has 1 saturated carbocycles. The first-order chi connectivity index (χ1) is 11.6. The molecule has 0 spiro atoms. The predicted molar refractivity (Wildman–Crippen MR) is 97.6 cm³/mol. The number of hydrogen-bond acceptors (Lipinski definition) is 3. The first-order valence-electron chi connectivity index (χ1n) is 10.1. The largest absolute Gasteiger partial charge is 0.299 e. The van der Waals surface area contributed by atoms with Gasteiger partial charge < -0.3 is 0 Å². The molecule has 1 saturated heterocycles. The van der Waals surface area contributed by atoms with Gasteiger partial charge in [-0.15, -0.1) is 0 Å². The van der Waals surface area contributed by atoms with Crippen molar-refractivity contribution < 1.29 is 14.6 Å². The molecule has 0 N–H and O–H groups in total. The molecule has 1 aliphatic carbocycles. The van der Waals surface area contributed by atoms with E-state index < -0.39 is 5.60 Å². The Morgan fingerprint density at radius 1 is 1.12 bits per heavy atom. The summed E-state index contributed by atoms with van der Waals surface area (Å²) in [6.07, 6.45) is 17.7. The number of unbranched alkanes of at least 4 members (excludes halogenated alkanes) is 8. The second kappa shape index (κ2) is 9.72. The number of hydrogen-bond donors (Lipinski definition) is 0. The van der Waals surface area contributed by atoms with Crippen molar-refractivity contribution >= 4 is 5.78 Å². The zero-order valence-corrected chi connectivity index (χ0v) is 15.9. The molecule has 24 heavy (non-hydrogen) atoms. The Bertz CT molecular complexity index is 417. The zero-order valence-electron chi connectivity index (χ0n) is 15.9. The minimum atomic E-state index is -0.438. The Kier molecular flexibility index (Phi) is 7.96. The summed E-state index contributed by atoms with van der Waals surface area (Å²) >= 11 is 0. The van der Waals surface area contributed by atoms with Gasteiger partial charge in [0, 0.05) is 18.3 Å². The normalized spacial score (nSPS) is 33.3. The number of carbonyl (C=O) groups is 1. The molecular formula is C21H36O3. The van der Waals surface area contributed by atoms with Gasteiger partial charge in [-0.3, -0.25) is 4.79 Å². The summed E-state index contributed by atoms with van der Waals surface area (Å²) in [7, 11) is 0. The third-order valence-electron chi connectivity index (χ3n) is 5.86. The molecule has 0 aromatic heterocycles. The fraction of sp³-hybridized carbons (Fsp3) is 0.857. The highest BCUT2D eigenvalue weighted by Crippen LogP contribution is 2.42. The molecule has 0 aromatic carbocycles. The van der Waals surface area contributed by atoms with E-state index in [0.717, 1.165) is 12.8 Å². The summed E-state index contributed by atoms with van der Waals surface area (Å²) < 4.78 is 0. The van der Waals surface area contributed by atoms with E-state index in [1.54, 1.807) is 0 Å². The zero-order chi connectivity index (χ0) is 17.4. The molecule has 3 nitrogen and oxygen atoms in total. The lowest BCUT2D eigenvalue weighted by atomic mass is 9.71. The second-order valence-electron chi connectivity index (χ2n) is 7.96. The molecule has 138 valence electrons. The van der Waals surface area contributed by atoms with Crippen LogP contribution in [0, 0.1) is 11.8 Å². The van der Waals surface area contributed by atoms with Crippen LogP contribution in [-0.2, 0) is 14.6 Å². The van der Waals surface area contributed by atoms with Gasteiger partial charge in [0.1, 0.15) is 17.5 Å². The van der Waals surface area contributed by atoms with Crippen LogP contribution in [0.4, 0.5) is 0 Å². The number of carbonyl (C=O) groups excluding carboxylic acids is 1. The number of Topliss-reactive ketones (excluding diaryl/α,β-unsaturated/α-hetero) is 1. The SMILES string of the molecule is CCCCCCCCCCC=C[C@]1(C)OO[C@@H]2C[C@H]1CC(=O)[C@@H]2C. The monoisotopic (exact) mass is 336 g/mol. The average Bonchev–Trinajstić information content (AvgIpc) is 2.57. The van der Waals surface area contributed by atoms with E-state index in [9.17, 15) is 4.79 Å². The molecule has 0 aromatic rings. The van der Waals surface area contributed by atoms with Gasteiger partial charge in [-0.05, 0) is 26.2 Å². The topological polar surface area (TPSA) is 35.5 Å². The van der Waals surface area contributed by atoms with E-state index in [2.05, 4.69) is 26.0 Å². The van der Waals surface area contributed by atoms with Crippen LogP contribution in [0.25, 0.3) is 0 Å². The Hall–Kier alpha value is -0.670. The maximum Gasteiger partial charge on any atom is 0.138 e. The summed E-state index contributed by atoms with van der Waals surface area (Å²) in [6, 6.07) is 0. The van der Waals surface area contributed by atoms with E-state index in [4.69, 9.17) is 9.78 Å². The van der Waals surface area contributed by atoms with Gasteiger partial charge >= 0.3 is 0 Å². The van der Waals surface area contributed by atoms with Crippen LogP contribution in [0.1, 0.15) is 91.4 Å². The van der Waals surface area contributed by atoms with Crippen LogP contribution in [0.2, 0.25) is 0 Å². The highest BCUT2D eigenvalue weighted by atomic mass is 17.2. The summed E-state index contributed by atoms with van der Waals surface area (Å²) in [6.45, 7) is 6.27. The molecule has 4 atom stereocenters. The van der Waals surface area contributed by atoms with Gasteiger partial charge in [0.15, 0.2) is 0 Å². The van der Waals surface area contributed by atoms with E-state index in [1.165, 1.54) is 51.4 Å². The lowest BCUT2D eigenvalue weighted by molar-refractivity contribution is -0.415. The minimum Gasteiger partial charge on any atom is -0.299 e. The Labute approximate surface area is 148 Å². The van der Waals surface area contributed by atoms with Gasteiger partial charge in [0.25, 0.3) is 0 Å². The second-order valence-corrected chi connectivity index (χ2v) is 7.96. The highest BCUT2D eigenvalue weighted by Gasteiger charge is 2.48. The average molecular weight is 337 g/mol. The Morgan fingerprint density at radius 2 is 1.79 bits per heavy atom. The third kappa shape index (κ3) is 5.42. The lowest BCUT2D eigenvalue weighted by Gasteiger charge is -2.45. The number of fused-ring (bicyclic) bond motifs is 2. The Morgan fingerprint density at radius 3 is 2.50 bits per heavy atom. The van der Waals surface area contributed by atoms with Gasteiger partial charge in [0.2, 0.25) is 0 Å². The van der Waals surface area contributed by atoms with Crippen LogP contribution in [0.5, 0.6) is 0 Å². The van der Waals surface area contributed by atoms with Crippen LogP contribution in [0.15, 0.2) is 12.2 Å². The molecule has 2 fully saturated rings. The molecule has 2 bridgehead atoms.